The first-order valence-electron chi connectivity index (χ1n) is 8.84. The molecule has 1 aliphatic rings. The van der Waals surface area contributed by atoms with Crippen LogP contribution in [0.5, 0.6) is 5.75 Å². The fourth-order valence-electron chi connectivity index (χ4n) is 2.81. The molecule has 0 spiro atoms. The lowest BCUT2D eigenvalue weighted by Crippen LogP contribution is -2.41. The van der Waals surface area contributed by atoms with Gasteiger partial charge >= 0.3 is 0 Å². The molecular formula is C19H21FN2O5S. The number of nitrogens with zero attached hydrogens (tertiary/aromatic N) is 1. The highest BCUT2D eigenvalue weighted by Crippen LogP contribution is 2.26. The molecule has 1 N–H and O–H groups in total. The highest BCUT2D eigenvalue weighted by molar-refractivity contribution is 7.89. The van der Waals surface area contributed by atoms with Gasteiger partial charge in [0.2, 0.25) is 10.0 Å². The normalized spacial score (nSPS) is 15.2. The van der Waals surface area contributed by atoms with Gasteiger partial charge in [-0.25, -0.2) is 12.8 Å². The van der Waals surface area contributed by atoms with Crippen molar-refractivity contribution >= 4 is 21.6 Å². The van der Waals surface area contributed by atoms with Gasteiger partial charge in [0.1, 0.15) is 16.5 Å². The van der Waals surface area contributed by atoms with Gasteiger partial charge in [0.15, 0.2) is 0 Å². The standard InChI is InChI=1S/C19H21FN2O5S/c1-2-27-17-6-4-3-5-16(17)21-19(23)14-7-8-15(20)18(13-14)28(24,25)22-9-11-26-12-10-22/h3-8,13H,2,9-12H2,1H3,(H,21,23). The van der Waals surface area contributed by atoms with Crippen molar-refractivity contribution in [1.82, 2.24) is 4.31 Å². The van der Waals surface area contributed by atoms with E-state index in [0.717, 1.165) is 16.4 Å². The van der Waals surface area contributed by atoms with Crippen LogP contribution in [-0.4, -0.2) is 51.5 Å². The van der Waals surface area contributed by atoms with Gasteiger partial charge < -0.3 is 14.8 Å². The van der Waals surface area contributed by atoms with Gasteiger partial charge in [-0.15, -0.1) is 0 Å². The Labute approximate surface area is 163 Å². The van der Waals surface area contributed by atoms with Crippen LogP contribution in [0.15, 0.2) is 47.4 Å². The van der Waals surface area contributed by atoms with E-state index >= 15 is 0 Å². The SMILES string of the molecule is CCOc1ccccc1NC(=O)c1ccc(F)c(S(=O)(=O)N2CCOCC2)c1. The lowest BCUT2D eigenvalue weighted by Gasteiger charge is -2.26. The molecule has 1 saturated heterocycles. The molecule has 1 amide bonds. The molecule has 0 unspecified atom stereocenters. The smallest absolute Gasteiger partial charge is 0.255 e. The Morgan fingerprint density at radius 3 is 2.64 bits per heavy atom. The molecule has 2 aromatic rings. The number of carbonyl (C=O) groups is 1. The van der Waals surface area contributed by atoms with E-state index in [4.69, 9.17) is 9.47 Å². The van der Waals surface area contributed by atoms with Gasteiger partial charge in [-0.2, -0.15) is 4.31 Å². The number of anilines is 1. The Bertz CT molecular complexity index is 959. The second-order valence-corrected chi connectivity index (χ2v) is 7.95. The molecule has 150 valence electrons. The molecule has 0 bridgehead atoms. The first kappa shape index (κ1) is 20.2. The second kappa shape index (κ2) is 8.68. The minimum atomic E-state index is -4.06. The van der Waals surface area contributed by atoms with Crippen molar-refractivity contribution in [2.75, 3.05) is 38.2 Å². The van der Waals surface area contributed by atoms with E-state index in [-0.39, 0.29) is 31.9 Å². The summed E-state index contributed by atoms with van der Waals surface area (Å²) in [5.41, 5.74) is 0.468. The Morgan fingerprint density at radius 1 is 1.21 bits per heavy atom. The first-order chi connectivity index (χ1) is 13.4. The van der Waals surface area contributed by atoms with Crippen molar-refractivity contribution < 1.29 is 27.1 Å². The average Bonchev–Trinajstić information content (AvgIpc) is 2.70. The predicted molar refractivity (Wildman–Crippen MR) is 102 cm³/mol. The number of rotatable bonds is 6. The van der Waals surface area contributed by atoms with Crippen LogP contribution in [0, 0.1) is 5.82 Å². The minimum absolute atomic E-state index is 0.0273. The average molecular weight is 408 g/mol. The fraction of sp³-hybridized carbons (Fsp3) is 0.316. The van der Waals surface area contributed by atoms with Crippen LogP contribution >= 0.6 is 0 Å². The molecule has 0 atom stereocenters. The van der Waals surface area contributed by atoms with Crippen LogP contribution in [0.4, 0.5) is 10.1 Å². The van der Waals surface area contributed by atoms with Crippen molar-refractivity contribution in [1.29, 1.82) is 0 Å². The van der Waals surface area contributed by atoms with E-state index in [0.29, 0.717) is 18.0 Å². The van der Waals surface area contributed by atoms with Gasteiger partial charge in [-0.05, 0) is 37.3 Å². The zero-order valence-electron chi connectivity index (χ0n) is 15.4. The first-order valence-corrected chi connectivity index (χ1v) is 10.3. The zero-order valence-corrected chi connectivity index (χ0v) is 16.2. The third-order valence-corrected chi connectivity index (χ3v) is 6.13. The fourth-order valence-corrected chi connectivity index (χ4v) is 4.31. The molecule has 2 aromatic carbocycles. The highest BCUT2D eigenvalue weighted by atomic mass is 32.2. The maximum Gasteiger partial charge on any atom is 0.255 e. The van der Waals surface area contributed by atoms with Crippen LogP contribution in [-0.2, 0) is 14.8 Å². The molecule has 1 heterocycles. The minimum Gasteiger partial charge on any atom is -0.492 e. The van der Waals surface area contributed by atoms with Crippen molar-refractivity contribution in [3.8, 4) is 5.75 Å². The summed E-state index contributed by atoms with van der Waals surface area (Å²) in [5.74, 6) is -0.982. The second-order valence-electron chi connectivity index (χ2n) is 6.04. The number of sulfonamides is 1. The van der Waals surface area contributed by atoms with E-state index in [2.05, 4.69) is 5.32 Å². The summed E-state index contributed by atoms with van der Waals surface area (Å²) < 4.78 is 51.6. The van der Waals surface area contributed by atoms with Crippen LogP contribution in [0.2, 0.25) is 0 Å². The van der Waals surface area contributed by atoms with E-state index < -0.39 is 26.6 Å². The molecule has 0 saturated carbocycles. The number of hydrogen-bond donors (Lipinski definition) is 1. The topological polar surface area (TPSA) is 84.9 Å². The van der Waals surface area contributed by atoms with Crippen molar-refractivity contribution in [3.63, 3.8) is 0 Å². The van der Waals surface area contributed by atoms with Gasteiger partial charge in [0, 0.05) is 18.7 Å². The van der Waals surface area contributed by atoms with Gasteiger partial charge in [0.25, 0.3) is 5.91 Å². The predicted octanol–water partition coefficient (Wildman–Crippen LogP) is 2.50. The van der Waals surface area contributed by atoms with Crippen LogP contribution in [0.1, 0.15) is 17.3 Å². The summed E-state index contributed by atoms with van der Waals surface area (Å²) in [5, 5.41) is 2.67. The Hall–Kier alpha value is -2.49. The number of amides is 1. The van der Waals surface area contributed by atoms with Gasteiger partial charge in [0.05, 0.1) is 25.5 Å². The zero-order chi connectivity index (χ0) is 20.1. The van der Waals surface area contributed by atoms with Crippen molar-refractivity contribution in [3.05, 3.63) is 53.8 Å². The van der Waals surface area contributed by atoms with Crippen molar-refractivity contribution in [2.45, 2.75) is 11.8 Å². The Balaban J connectivity index is 1.88. The number of nitrogens with one attached hydrogen (secondary N) is 1. The quantitative estimate of drug-likeness (QED) is 0.794. The molecule has 1 fully saturated rings. The molecule has 3 rings (SSSR count). The Kier molecular flexibility index (Phi) is 6.28. The number of carbonyl (C=O) groups excluding carboxylic acids is 1. The molecule has 7 nitrogen and oxygen atoms in total. The van der Waals surface area contributed by atoms with Gasteiger partial charge in [-0.3, -0.25) is 4.79 Å². The molecule has 0 aliphatic carbocycles. The molecule has 9 heteroatoms. The summed E-state index contributed by atoms with van der Waals surface area (Å²) in [4.78, 5) is 12.1. The molecule has 28 heavy (non-hydrogen) atoms. The largest absolute Gasteiger partial charge is 0.492 e. The highest BCUT2D eigenvalue weighted by Gasteiger charge is 2.29. The van der Waals surface area contributed by atoms with Crippen LogP contribution in [0.3, 0.4) is 0 Å². The van der Waals surface area contributed by atoms with E-state index in [1.54, 1.807) is 24.3 Å². The number of ether oxygens (including phenoxy) is 2. The van der Waals surface area contributed by atoms with E-state index in [9.17, 15) is 17.6 Å². The number of hydrogen-bond acceptors (Lipinski definition) is 5. The van der Waals surface area contributed by atoms with Gasteiger partial charge in [-0.1, -0.05) is 12.1 Å². The van der Waals surface area contributed by atoms with E-state index in [1.165, 1.54) is 6.07 Å². The summed E-state index contributed by atoms with van der Waals surface area (Å²) in [6.07, 6.45) is 0. The Morgan fingerprint density at radius 2 is 1.93 bits per heavy atom. The summed E-state index contributed by atoms with van der Waals surface area (Å²) in [6, 6.07) is 10.2. The monoisotopic (exact) mass is 408 g/mol. The van der Waals surface area contributed by atoms with Crippen molar-refractivity contribution in [2.24, 2.45) is 0 Å². The molecular weight excluding hydrogens is 387 g/mol. The third-order valence-electron chi connectivity index (χ3n) is 4.22. The summed E-state index contributed by atoms with van der Waals surface area (Å²) >= 11 is 0. The lowest BCUT2D eigenvalue weighted by molar-refractivity contribution is 0.0729. The summed E-state index contributed by atoms with van der Waals surface area (Å²) in [6.45, 7) is 3.01. The molecule has 1 aliphatic heterocycles. The van der Waals surface area contributed by atoms with E-state index in [1.807, 2.05) is 6.92 Å². The summed E-state index contributed by atoms with van der Waals surface area (Å²) in [7, 11) is -4.06. The molecule has 0 aromatic heterocycles. The number of morpholine rings is 1. The number of para-hydroxylation sites is 2. The number of halogens is 1. The molecule has 0 radical (unpaired) electrons. The third kappa shape index (κ3) is 4.32. The lowest BCUT2D eigenvalue weighted by atomic mass is 10.2. The van der Waals surface area contributed by atoms with Crippen LogP contribution in [0.25, 0.3) is 0 Å². The maximum atomic E-state index is 14.3. The number of benzene rings is 2. The maximum absolute atomic E-state index is 14.3. The van der Waals surface area contributed by atoms with Crippen LogP contribution < -0.4 is 10.1 Å².